The number of rotatable bonds is 4. The van der Waals surface area contributed by atoms with Crippen molar-refractivity contribution in [1.82, 2.24) is 30.1 Å². The highest BCUT2D eigenvalue weighted by Gasteiger charge is 2.32. The Morgan fingerprint density at radius 1 is 1.04 bits per heavy atom. The van der Waals surface area contributed by atoms with Crippen molar-refractivity contribution in [2.24, 2.45) is 0 Å². The minimum absolute atomic E-state index is 0.249. The third-order valence-electron chi connectivity index (χ3n) is 5.63. The molecule has 0 amide bonds. The third-order valence-corrected chi connectivity index (χ3v) is 5.63. The van der Waals surface area contributed by atoms with Gasteiger partial charge in [0.25, 0.3) is 0 Å². The molecule has 134 valence electrons. The summed E-state index contributed by atoms with van der Waals surface area (Å²) in [5.74, 6) is 1.01. The summed E-state index contributed by atoms with van der Waals surface area (Å²) < 4.78 is 2.03. The Kier molecular flexibility index (Phi) is 3.81. The van der Waals surface area contributed by atoms with Gasteiger partial charge in [-0.2, -0.15) is 0 Å². The number of fused-ring (bicyclic) bond motifs is 1. The fourth-order valence-electron chi connectivity index (χ4n) is 3.92. The van der Waals surface area contributed by atoms with E-state index in [1.165, 1.54) is 29.3 Å². The molecule has 1 saturated heterocycles. The molecule has 1 aromatic carbocycles. The highest BCUT2D eigenvalue weighted by atomic mass is 15.6. The molecule has 5 rings (SSSR count). The number of pyridine rings is 1. The van der Waals surface area contributed by atoms with E-state index in [2.05, 4.69) is 61.5 Å². The molecule has 1 unspecified atom stereocenters. The molecule has 1 saturated carbocycles. The van der Waals surface area contributed by atoms with Gasteiger partial charge in [0.05, 0.1) is 24.0 Å². The van der Waals surface area contributed by atoms with Gasteiger partial charge >= 0.3 is 0 Å². The van der Waals surface area contributed by atoms with E-state index in [1.54, 1.807) is 0 Å². The van der Waals surface area contributed by atoms with Crippen molar-refractivity contribution in [2.45, 2.75) is 31.8 Å². The van der Waals surface area contributed by atoms with Crippen molar-refractivity contribution in [3.8, 4) is 0 Å². The SMILES string of the molecule is CC(c1nnnn1C1CC1)N1CCN(c2cncc3ccccc23)CC1. The van der Waals surface area contributed by atoms with Crippen LogP contribution in [0.4, 0.5) is 5.69 Å². The summed E-state index contributed by atoms with van der Waals surface area (Å²) in [7, 11) is 0. The first kappa shape index (κ1) is 15.7. The van der Waals surface area contributed by atoms with Crippen molar-refractivity contribution < 1.29 is 0 Å². The van der Waals surface area contributed by atoms with Crippen molar-refractivity contribution in [3.05, 3.63) is 42.5 Å². The number of tetrazole rings is 1. The minimum Gasteiger partial charge on any atom is -0.367 e. The molecule has 26 heavy (non-hydrogen) atoms. The molecule has 1 aliphatic carbocycles. The monoisotopic (exact) mass is 349 g/mol. The molecule has 2 aliphatic rings. The third kappa shape index (κ3) is 2.72. The lowest BCUT2D eigenvalue weighted by Crippen LogP contribution is -2.47. The first-order chi connectivity index (χ1) is 12.8. The van der Waals surface area contributed by atoms with Crippen molar-refractivity contribution in [3.63, 3.8) is 0 Å². The summed E-state index contributed by atoms with van der Waals surface area (Å²) in [5, 5.41) is 14.9. The van der Waals surface area contributed by atoms with Crippen LogP contribution in [0.15, 0.2) is 36.7 Å². The number of aromatic nitrogens is 5. The van der Waals surface area contributed by atoms with Crippen molar-refractivity contribution in [2.75, 3.05) is 31.1 Å². The van der Waals surface area contributed by atoms with Crippen LogP contribution in [0.25, 0.3) is 10.8 Å². The van der Waals surface area contributed by atoms with Crippen LogP contribution < -0.4 is 4.90 Å². The van der Waals surface area contributed by atoms with Crippen LogP contribution in [0.3, 0.4) is 0 Å². The summed E-state index contributed by atoms with van der Waals surface area (Å²) in [6.07, 6.45) is 6.34. The average Bonchev–Trinajstić information content (AvgIpc) is 3.43. The molecule has 3 heterocycles. The maximum Gasteiger partial charge on any atom is 0.168 e. The quantitative estimate of drug-likeness (QED) is 0.721. The first-order valence-electron chi connectivity index (χ1n) is 9.41. The Hall–Kier alpha value is -2.54. The minimum atomic E-state index is 0.249. The summed E-state index contributed by atoms with van der Waals surface area (Å²) >= 11 is 0. The lowest BCUT2D eigenvalue weighted by molar-refractivity contribution is 0.186. The Balaban J connectivity index is 1.32. The smallest absolute Gasteiger partial charge is 0.168 e. The average molecular weight is 349 g/mol. The number of hydrogen-bond donors (Lipinski definition) is 0. The molecule has 7 heteroatoms. The van der Waals surface area contributed by atoms with Gasteiger partial charge in [-0.15, -0.1) is 5.10 Å². The van der Waals surface area contributed by atoms with Crippen LogP contribution >= 0.6 is 0 Å². The Bertz CT molecular complexity index is 904. The van der Waals surface area contributed by atoms with E-state index >= 15 is 0 Å². The van der Waals surface area contributed by atoms with Crippen molar-refractivity contribution in [1.29, 1.82) is 0 Å². The fraction of sp³-hybridized carbons (Fsp3) is 0.474. The number of nitrogens with zero attached hydrogens (tertiary/aromatic N) is 7. The highest BCUT2D eigenvalue weighted by molar-refractivity contribution is 5.93. The van der Waals surface area contributed by atoms with Gasteiger partial charge in [-0.3, -0.25) is 9.88 Å². The molecule has 7 nitrogen and oxygen atoms in total. The van der Waals surface area contributed by atoms with E-state index in [-0.39, 0.29) is 6.04 Å². The number of piperazine rings is 1. The zero-order chi connectivity index (χ0) is 17.5. The maximum absolute atomic E-state index is 4.44. The number of benzene rings is 1. The lowest BCUT2D eigenvalue weighted by atomic mass is 10.1. The molecule has 0 N–H and O–H groups in total. The van der Waals surface area contributed by atoms with Crippen LogP contribution in [0.1, 0.15) is 37.7 Å². The normalized spacial score (nSPS) is 19.8. The fourth-order valence-corrected chi connectivity index (χ4v) is 3.92. The summed E-state index contributed by atoms with van der Waals surface area (Å²) in [6.45, 7) is 6.21. The molecule has 1 atom stereocenters. The predicted molar refractivity (Wildman–Crippen MR) is 100 cm³/mol. The second kappa shape index (κ2) is 6.32. The second-order valence-corrected chi connectivity index (χ2v) is 7.29. The highest BCUT2D eigenvalue weighted by Crippen LogP contribution is 2.36. The molecule has 3 aromatic rings. The van der Waals surface area contributed by atoms with Crippen LogP contribution in [-0.4, -0.2) is 56.3 Å². The summed E-state index contributed by atoms with van der Waals surface area (Å²) in [5.41, 5.74) is 1.23. The number of anilines is 1. The largest absolute Gasteiger partial charge is 0.367 e. The van der Waals surface area contributed by atoms with Gasteiger partial charge in [0.15, 0.2) is 5.82 Å². The van der Waals surface area contributed by atoms with Crippen LogP contribution in [0.5, 0.6) is 0 Å². The van der Waals surface area contributed by atoms with Gasteiger partial charge in [0.2, 0.25) is 0 Å². The standard InChI is InChI=1S/C19H23N7/c1-14(19-21-22-23-26(19)16-6-7-16)24-8-10-25(11-9-24)18-13-20-12-15-4-2-3-5-17(15)18/h2-5,12-14,16H,6-11H2,1H3. The van der Waals surface area contributed by atoms with E-state index in [9.17, 15) is 0 Å². The summed E-state index contributed by atoms with van der Waals surface area (Å²) in [4.78, 5) is 9.37. The Morgan fingerprint density at radius 3 is 2.65 bits per heavy atom. The molecular formula is C19H23N7. The van der Waals surface area contributed by atoms with Crippen LogP contribution in [-0.2, 0) is 0 Å². The molecule has 1 aliphatic heterocycles. The van der Waals surface area contributed by atoms with Gasteiger partial charge in [-0.25, -0.2) is 4.68 Å². The molecule has 2 aromatic heterocycles. The van der Waals surface area contributed by atoms with Crippen LogP contribution in [0, 0.1) is 0 Å². The van der Waals surface area contributed by atoms with Crippen LogP contribution in [0.2, 0.25) is 0 Å². The van der Waals surface area contributed by atoms with E-state index in [4.69, 9.17) is 0 Å². The van der Waals surface area contributed by atoms with Crippen molar-refractivity contribution >= 4 is 16.5 Å². The Labute approximate surface area is 152 Å². The maximum atomic E-state index is 4.44. The molecule has 0 spiro atoms. The first-order valence-corrected chi connectivity index (χ1v) is 9.41. The van der Waals surface area contributed by atoms with Gasteiger partial charge in [-0.05, 0) is 30.2 Å². The van der Waals surface area contributed by atoms with Gasteiger partial charge < -0.3 is 4.90 Å². The number of hydrogen-bond acceptors (Lipinski definition) is 6. The van der Waals surface area contributed by atoms with E-state index in [0.29, 0.717) is 6.04 Å². The van der Waals surface area contributed by atoms with E-state index in [1.807, 2.05) is 17.1 Å². The van der Waals surface area contributed by atoms with Gasteiger partial charge in [0.1, 0.15) is 0 Å². The van der Waals surface area contributed by atoms with E-state index < -0.39 is 0 Å². The zero-order valence-corrected chi connectivity index (χ0v) is 15.0. The van der Waals surface area contributed by atoms with Gasteiger partial charge in [0, 0.05) is 43.1 Å². The van der Waals surface area contributed by atoms with E-state index in [0.717, 1.165) is 32.0 Å². The summed E-state index contributed by atoms with van der Waals surface area (Å²) in [6, 6.07) is 9.25. The predicted octanol–water partition coefficient (Wildman–Crippen LogP) is 2.44. The van der Waals surface area contributed by atoms with Gasteiger partial charge in [-0.1, -0.05) is 24.3 Å². The topological polar surface area (TPSA) is 63.0 Å². The molecular weight excluding hydrogens is 326 g/mol. The molecule has 2 fully saturated rings. The Morgan fingerprint density at radius 2 is 1.85 bits per heavy atom. The zero-order valence-electron chi connectivity index (χ0n) is 15.0. The second-order valence-electron chi connectivity index (χ2n) is 7.29. The molecule has 0 bridgehead atoms. The lowest BCUT2D eigenvalue weighted by Gasteiger charge is -2.38. The molecule has 0 radical (unpaired) electrons.